The molecule has 1 heterocycles. The second-order valence-electron chi connectivity index (χ2n) is 4.06. The fourth-order valence-corrected chi connectivity index (χ4v) is 2.72. The summed E-state index contributed by atoms with van der Waals surface area (Å²) in [5.41, 5.74) is -1.08. The maximum Gasteiger partial charge on any atom is 0.328 e. The van der Waals surface area contributed by atoms with E-state index < -0.39 is 23.3 Å². The highest BCUT2D eigenvalue weighted by atomic mass is 32.2. The first-order chi connectivity index (χ1) is 8.06. The van der Waals surface area contributed by atoms with Crippen molar-refractivity contribution in [2.24, 2.45) is 5.41 Å². The molecule has 0 aromatic rings. The van der Waals surface area contributed by atoms with E-state index in [-0.39, 0.29) is 0 Å². The molecule has 1 rings (SSSR count). The molecule has 6 heteroatoms. The number of hydrogen-bond acceptors (Lipinski definition) is 4. The average Bonchev–Trinajstić information content (AvgIpc) is 2.27. The Morgan fingerprint density at radius 3 is 2.18 bits per heavy atom. The zero-order chi connectivity index (χ0) is 12.9. The molecule has 0 spiro atoms. The predicted octanol–water partition coefficient (Wildman–Crippen LogP) is 1.28. The van der Waals surface area contributed by atoms with Crippen molar-refractivity contribution in [2.45, 2.75) is 33.1 Å². The van der Waals surface area contributed by atoms with Crippen LogP contribution in [0.2, 0.25) is 0 Å². The van der Waals surface area contributed by atoms with Crippen LogP contribution in [0, 0.1) is 5.41 Å². The monoisotopic (exact) mass is 258 g/mol. The smallest absolute Gasteiger partial charge is 0.277 e. The van der Waals surface area contributed by atoms with Crippen molar-refractivity contribution < 1.29 is 14.4 Å². The number of hydrogen-bond donors (Lipinski definition) is 2. The second kappa shape index (κ2) is 6.05. The van der Waals surface area contributed by atoms with E-state index in [9.17, 15) is 14.4 Å². The zero-order valence-corrected chi connectivity index (χ0v) is 11.0. The molecule has 5 nitrogen and oxygen atoms in total. The van der Waals surface area contributed by atoms with E-state index in [0.29, 0.717) is 12.2 Å². The Kier molecular flexibility index (Phi) is 4.99. The zero-order valence-electron chi connectivity index (χ0n) is 10.2. The molecule has 0 saturated carbocycles. The maximum absolute atomic E-state index is 11.9. The maximum atomic E-state index is 11.9. The Balaban J connectivity index is 2.89. The van der Waals surface area contributed by atoms with E-state index in [1.165, 1.54) is 11.8 Å². The fourth-order valence-electron chi connectivity index (χ4n) is 1.77. The van der Waals surface area contributed by atoms with Crippen LogP contribution in [-0.4, -0.2) is 29.4 Å². The molecule has 1 fully saturated rings. The molecule has 0 radical (unpaired) electrons. The van der Waals surface area contributed by atoms with Crippen LogP contribution in [0.1, 0.15) is 33.1 Å². The van der Waals surface area contributed by atoms with Gasteiger partial charge in [0.1, 0.15) is 5.41 Å². The van der Waals surface area contributed by atoms with E-state index >= 15 is 0 Å². The minimum Gasteiger partial charge on any atom is -0.277 e. The van der Waals surface area contributed by atoms with E-state index in [2.05, 4.69) is 10.6 Å². The van der Waals surface area contributed by atoms with Gasteiger partial charge >= 0.3 is 6.03 Å². The lowest BCUT2D eigenvalue weighted by Gasteiger charge is -2.33. The van der Waals surface area contributed by atoms with Gasteiger partial charge < -0.3 is 0 Å². The molecule has 4 amide bonds. The number of amides is 4. The normalized spacial score (nSPS) is 18.8. The molecule has 0 bridgehead atoms. The standard InChI is InChI=1S/C11H18N2O3S/c1-3-5-6-11(7-17-4-2)8(14)12-10(16)13-9(11)15/h3-7H2,1-2H3,(H2,12,13,14,15,16). The molecule has 1 aliphatic heterocycles. The highest BCUT2D eigenvalue weighted by molar-refractivity contribution is 7.99. The summed E-state index contributed by atoms with van der Waals surface area (Å²) in [6, 6.07) is -0.714. The molecule has 17 heavy (non-hydrogen) atoms. The van der Waals surface area contributed by atoms with Gasteiger partial charge in [0.15, 0.2) is 0 Å². The molecule has 1 aliphatic rings. The Labute approximate surface area is 105 Å². The average molecular weight is 258 g/mol. The molecular formula is C11H18N2O3S. The third kappa shape index (κ3) is 3.00. The largest absolute Gasteiger partial charge is 0.328 e. The Hall–Kier alpha value is -1.04. The van der Waals surface area contributed by atoms with Gasteiger partial charge in [-0.05, 0) is 12.2 Å². The molecule has 96 valence electrons. The van der Waals surface area contributed by atoms with Crippen LogP contribution in [0.4, 0.5) is 4.79 Å². The summed E-state index contributed by atoms with van der Waals surface area (Å²) < 4.78 is 0. The van der Waals surface area contributed by atoms with Gasteiger partial charge in [0.25, 0.3) is 0 Å². The van der Waals surface area contributed by atoms with E-state index in [4.69, 9.17) is 0 Å². The Bertz CT molecular complexity index is 301. The van der Waals surface area contributed by atoms with Gasteiger partial charge in [-0.25, -0.2) is 4.79 Å². The van der Waals surface area contributed by atoms with Crippen LogP contribution < -0.4 is 10.6 Å². The minimum absolute atomic E-state index is 0.425. The minimum atomic E-state index is -1.08. The number of rotatable bonds is 6. The Morgan fingerprint density at radius 1 is 1.12 bits per heavy atom. The molecule has 0 unspecified atom stereocenters. The number of carbonyl (C=O) groups is 3. The lowest BCUT2D eigenvalue weighted by molar-refractivity contribution is -0.143. The van der Waals surface area contributed by atoms with Crippen LogP contribution >= 0.6 is 11.8 Å². The number of carbonyl (C=O) groups excluding carboxylic acids is 3. The van der Waals surface area contributed by atoms with E-state index in [1.54, 1.807) is 0 Å². The molecule has 1 saturated heterocycles. The van der Waals surface area contributed by atoms with Crippen molar-refractivity contribution in [2.75, 3.05) is 11.5 Å². The fraction of sp³-hybridized carbons (Fsp3) is 0.727. The first-order valence-electron chi connectivity index (χ1n) is 5.81. The molecule has 2 N–H and O–H groups in total. The topological polar surface area (TPSA) is 75.3 Å². The van der Waals surface area contributed by atoms with Crippen molar-refractivity contribution in [1.29, 1.82) is 0 Å². The van der Waals surface area contributed by atoms with Crippen molar-refractivity contribution in [3.05, 3.63) is 0 Å². The molecule has 0 atom stereocenters. The third-order valence-electron chi connectivity index (χ3n) is 2.83. The molecule has 0 aliphatic carbocycles. The van der Waals surface area contributed by atoms with Gasteiger partial charge in [0.2, 0.25) is 11.8 Å². The van der Waals surface area contributed by atoms with Crippen LogP contribution in [-0.2, 0) is 9.59 Å². The van der Waals surface area contributed by atoms with Gasteiger partial charge in [-0.15, -0.1) is 0 Å². The predicted molar refractivity (Wildman–Crippen MR) is 66.6 cm³/mol. The summed E-state index contributed by atoms with van der Waals surface area (Å²) in [6.45, 7) is 3.98. The number of nitrogens with one attached hydrogen (secondary N) is 2. The number of barbiturate groups is 1. The number of thioether (sulfide) groups is 1. The Morgan fingerprint density at radius 2 is 1.71 bits per heavy atom. The number of unbranched alkanes of at least 4 members (excludes halogenated alkanes) is 1. The molecule has 0 aromatic carbocycles. The quantitative estimate of drug-likeness (QED) is 0.704. The lowest BCUT2D eigenvalue weighted by Crippen LogP contribution is -2.63. The summed E-state index contributed by atoms with van der Waals surface area (Å²) in [5, 5.41) is 4.39. The first kappa shape index (κ1) is 14.0. The third-order valence-corrected chi connectivity index (χ3v) is 3.94. The van der Waals surface area contributed by atoms with Gasteiger partial charge in [-0.2, -0.15) is 11.8 Å². The lowest BCUT2D eigenvalue weighted by atomic mass is 9.81. The van der Waals surface area contributed by atoms with Gasteiger partial charge in [0.05, 0.1) is 0 Å². The van der Waals surface area contributed by atoms with Crippen molar-refractivity contribution >= 4 is 29.6 Å². The van der Waals surface area contributed by atoms with E-state index in [1.807, 2.05) is 13.8 Å². The van der Waals surface area contributed by atoms with Crippen LogP contribution in [0.25, 0.3) is 0 Å². The summed E-state index contributed by atoms with van der Waals surface area (Å²) >= 11 is 1.54. The SMILES string of the molecule is CCCCC1(CSCC)C(=O)NC(=O)NC1=O. The van der Waals surface area contributed by atoms with Gasteiger partial charge in [-0.3, -0.25) is 20.2 Å². The summed E-state index contributed by atoms with van der Waals surface area (Å²) in [7, 11) is 0. The highest BCUT2D eigenvalue weighted by Gasteiger charge is 2.49. The van der Waals surface area contributed by atoms with Crippen molar-refractivity contribution in [3.63, 3.8) is 0 Å². The number of imide groups is 2. The van der Waals surface area contributed by atoms with Gasteiger partial charge in [0, 0.05) is 5.75 Å². The van der Waals surface area contributed by atoms with Crippen molar-refractivity contribution in [3.8, 4) is 0 Å². The second-order valence-corrected chi connectivity index (χ2v) is 5.33. The van der Waals surface area contributed by atoms with Crippen LogP contribution in [0.5, 0.6) is 0 Å². The van der Waals surface area contributed by atoms with Crippen LogP contribution in [0.3, 0.4) is 0 Å². The summed E-state index contributed by atoms with van der Waals surface area (Å²) in [4.78, 5) is 34.9. The van der Waals surface area contributed by atoms with Crippen molar-refractivity contribution in [1.82, 2.24) is 10.6 Å². The number of urea groups is 1. The molecule has 0 aromatic heterocycles. The summed E-state index contributed by atoms with van der Waals surface area (Å²) in [5.74, 6) is 0.345. The highest BCUT2D eigenvalue weighted by Crippen LogP contribution is 2.31. The van der Waals surface area contributed by atoms with Crippen LogP contribution in [0.15, 0.2) is 0 Å². The van der Waals surface area contributed by atoms with E-state index in [0.717, 1.165) is 18.6 Å². The molecular weight excluding hydrogens is 240 g/mol. The van der Waals surface area contributed by atoms with Gasteiger partial charge in [-0.1, -0.05) is 26.7 Å². The summed E-state index contributed by atoms with van der Waals surface area (Å²) in [6.07, 6.45) is 2.19. The first-order valence-corrected chi connectivity index (χ1v) is 6.97.